The smallest absolute Gasteiger partial charge is 0.306 e. The van der Waals surface area contributed by atoms with E-state index in [-0.39, 0.29) is 11.4 Å². The Morgan fingerprint density at radius 2 is 2.36 bits per heavy atom. The number of methoxy groups -OCH3 is 1. The fourth-order valence-electron chi connectivity index (χ4n) is 2.47. The molecule has 0 radical (unpaired) electrons. The third kappa shape index (κ3) is 2.47. The minimum Gasteiger partial charge on any atom is -0.469 e. The Hall–Kier alpha value is -0.570. The van der Waals surface area contributed by atoms with Gasteiger partial charge in [0.05, 0.1) is 13.5 Å². The summed E-state index contributed by atoms with van der Waals surface area (Å²) in [6.07, 6.45) is 5.08. The lowest BCUT2D eigenvalue weighted by Gasteiger charge is -2.26. The van der Waals surface area contributed by atoms with E-state index in [1.165, 1.54) is 20.0 Å². The zero-order valence-electron chi connectivity index (χ0n) is 9.21. The lowest BCUT2D eigenvalue weighted by atomic mass is 9.82. The van der Waals surface area contributed by atoms with Crippen LogP contribution in [0.1, 0.15) is 39.0 Å². The second-order valence-corrected chi connectivity index (χ2v) is 4.47. The Morgan fingerprint density at radius 3 is 2.79 bits per heavy atom. The SMILES string of the molecule is CCC1CCC(CN)(CC(=O)OC)C1. The summed E-state index contributed by atoms with van der Waals surface area (Å²) in [6.45, 7) is 2.81. The molecule has 0 aliphatic heterocycles. The van der Waals surface area contributed by atoms with Crippen molar-refractivity contribution < 1.29 is 9.53 Å². The summed E-state index contributed by atoms with van der Waals surface area (Å²) >= 11 is 0. The third-order valence-electron chi connectivity index (χ3n) is 3.56. The van der Waals surface area contributed by atoms with Gasteiger partial charge in [-0.05, 0) is 37.1 Å². The predicted octanol–water partition coefficient (Wildman–Crippen LogP) is 1.70. The number of carbonyl (C=O) groups excluding carboxylic acids is 1. The largest absolute Gasteiger partial charge is 0.469 e. The van der Waals surface area contributed by atoms with E-state index < -0.39 is 0 Å². The Morgan fingerprint density at radius 1 is 1.64 bits per heavy atom. The molecule has 0 heterocycles. The minimum atomic E-state index is -0.118. The molecule has 14 heavy (non-hydrogen) atoms. The van der Waals surface area contributed by atoms with Gasteiger partial charge in [-0.3, -0.25) is 4.79 Å². The Labute approximate surface area is 86.0 Å². The quantitative estimate of drug-likeness (QED) is 0.701. The number of esters is 1. The Kier molecular flexibility index (Phi) is 3.93. The highest BCUT2D eigenvalue weighted by Crippen LogP contribution is 2.44. The van der Waals surface area contributed by atoms with Crippen molar-refractivity contribution >= 4 is 5.97 Å². The molecule has 82 valence electrons. The molecule has 1 aliphatic rings. The van der Waals surface area contributed by atoms with Gasteiger partial charge in [0.2, 0.25) is 0 Å². The van der Waals surface area contributed by atoms with Gasteiger partial charge in [-0.15, -0.1) is 0 Å². The molecule has 0 bridgehead atoms. The zero-order chi connectivity index (χ0) is 10.6. The Balaban J connectivity index is 2.55. The molecule has 0 spiro atoms. The van der Waals surface area contributed by atoms with Crippen LogP contribution in [-0.2, 0) is 9.53 Å². The van der Waals surface area contributed by atoms with Crippen molar-refractivity contribution in [2.45, 2.75) is 39.0 Å². The van der Waals surface area contributed by atoms with Crippen molar-refractivity contribution in [3.05, 3.63) is 0 Å². The van der Waals surface area contributed by atoms with E-state index in [4.69, 9.17) is 10.5 Å². The highest BCUT2D eigenvalue weighted by Gasteiger charge is 2.39. The average Bonchev–Trinajstić information content (AvgIpc) is 2.62. The first-order chi connectivity index (χ1) is 6.65. The molecule has 0 aromatic rings. The molecule has 0 amide bonds. The van der Waals surface area contributed by atoms with Crippen molar-refractivity contribution in [2.24, 2.45) is 17.1 Å². The van der Waals surface area contributed by atoms with Crippen LogP contribution in [-0.4, -0.2) is 19.6 Å². The van der Waals surface area contributed by atoms with E-state index in [0.29, 0.717) is 13.0 Å². The highest BCUT2D eigenvalue weighted by atomic mass is 16.5. The normalized spacial score (nSPS) is 31.8. The van der Waals surface area contributed by atoms with Crippen LogP contribution < -0.4 is 5.73 Å². The molecule has 1 saturated carbocycles. The van der Waals surface area contributed by atoms with Crippen molar-refractivity contribution in [3.63, 3.8) is 0 Å². The van der Waals surface area contributed by atoms with Crippen LogP contribution in [0, 0.1) is 11.3 Å². The van der Waals surface area contributed by atoms with Crippen LogP contribution in [0.2, 0.25) is 0 Å². The molecule has 1 aliphatic carbocycles. The maximum atomic E-state index is 11.2. The van der Waals surface area contributed by atoms with Gasteiger partial charge in [0.15, 0.2) is 0 Å². The number of hydrogen-bond acceptors (Lipinski definition) is 3. The van der Waals surface area contributed by atoms with Crippen LogP contribution in [0.15, 0.2) is 0 Å². The van der Waals surface area contributed by atoms with E-state index >= 15 is 0 Å². The van der Waals surface area contributed by atoms with Crippen LogP contribution in [0.3, 0.4) is 0 Å². The second-order valence-electron chi connectivity index (χ2n) is 4.47. The van der Waals surface area contributed by atoms with Gasteiger partial charge in [-0.2, -0.15) is 0 Å². The van der Waals surface area contributed by atoms with Gasteiger partial charge in [-0.1, -0.05) is 13.3 Å². The lowest BCUT2D eigenvalue weighted by molar-refractivity contribution is -0.143. The van der Waals surface area contributed by atoms with E-state index in [1.54, 1.807) is 0 Å². The molecule has 1 rings (SSSR count). The average molecular weight is 199 g/mol. The molecule has 2 atom stereocenters. The molecule has 3 heteroatoms. The summed E-state index contributed by atoms with van der Waals surface area (Å²) in [6, 6.07) is 0. The monoisotopic (exact) mass is 199 g/mol. The summed E-state index contributed by atoms with van der Waals surface area (Å²) < 4.78 is 4.71. The van der Waals surface area contributed by atoms with Crippen LogP contribution in [0.25, 0.3) is 0 Å². The number of rotatable bonds is 4. The summed E-state index contributed by atoms with van der Waals surface area (Å²) in [5.74, 6) is 0.635. The summed E-state index contributed by atoms with van der Waals surface area (Å²) in [4.78, 5) is 11.2. The number of nitrogens with two attached hydrogens (primary N) is 1. The molecule has 0 saturated heterocycles. The topological polar surface area (TPSA) is 52.3 Å². The first-order valence-corrected chi connectivity index (χ1v) is 5.42. The molecule has 0 aromatic carbocycles. The standard InChI is InChI=1S/C11H21NO2/c1-3-9-4-5-11(6-9,8-12)7-10(13)14-2/h9H,3-8,12H2,1-2H3. The second kappa shape index (κ2) is 4.78. The predicted molar refractivity (Wildman–Crippen MR) is 55.8 cm³/mol. The fraction of sp³-hybridized carbons (Fsp3) is 0.909. The third-order valence-corrected chi connectivity index (χ3v) is 3.56. The van der Waals surface area contributed by atoms with Crippen molar-refractivity contribution in [1.82, 2.24) is 0 Å². The summed E-state index contributed by atoms with van der Waals surface area (Å²) in [5, 5.41) is 0. The van der Waals surface area contributed by atoms with Crippen molar-refractivity contribution in [2.75, 3.05) is 13.7 Å². The van der Waals surface area contributed by atoms with Crippen LogP contribution in [0.4, 0.5) is 0 Å². The maximum absolute atomic E-state index is 11.2. The number of ether oxygens (including phenoxy) is 1. The highest BCUT2D eigenvalue weighted by molar-refractivity contribution is 5.70. The number of carbonyl (C=O) groups is 1. The minimum absolute atomic E-state index is 0.0355. The fourth-order valence-corrected chi connectivity index (χ4v) is 2.47. The van der Waals surface area contributed by atoms with Crippen LogP contribution in [0.5, 0.6) is 0 Å². The van der Waals surface area contributed by atoms with Gasteiger partial charge in [0.25, 0.3) is 0 Å². The van der Waals surface area contributed by atoms with E-state index in [1.807, 2.05) is 0 Å². The molecule has 0 aromatic heterocycles. The van der Waals surface area contributed by atoms with E-state index in [0.717, 1.165) is 18.8 Å². The van der Waals surface area contributed by atoms with Gasteiger partial charge >= 0.3 is 5.97 Å². The Bertz CT molecular complexity index is 205. The molecule has 3 nitrogen and oxygen atoms in total. The molecule has 2 unspecified atom stereocenters. The summed E-state index contributed by atoms with van der Waals surface area (Å²) in [7, 11) is 1.44. The zero-order valence-corrected chi connectivity index (χ0v) is 9.21. The maximum Gasteiger partial charge on any atom is 0.306 e. The lowest BCUT2D eigenvalue weighted by Crippen LogP contribution is -2.31. The summed E-state index contributed by atoms with van der Waals surface area (Å²) in [5.41, 5.74) is 5.82. The first-order valence-electron chi connectivity index (χ1n) is 5.42. The first kappa shape index (κ1) is 11.5. The van der Waals surface area contributed by atoms with Gasteiger partial charge < -0.3 is 10.5 Å². The van der Waals surface area contributed by atoms with Gasteiger partial charge in [-0.25, -0.2) is 0 Å². The van der Waals surface area contributed by atoms with Gasteiger partial charge in [0.1, 0.15) is 0 Å². The molecular formula is C11H21NO2. The van der Waals surface area contributed by atoms with E-state index in [2.05, 4.69) is 6.92 Å². The molecular weight excluding hydrogens is 178 g/mol. The molecule has 2 N–H and O–H groups in total. The van der Waals surface area contributed by atoms with E-state index in [9.17, 15) is 4.79 Å². The van der Waals surface area contributed by atoms with Crippen molar-refractivity contribution in [1.29, 1.82) is 0 Å². The van der Waals surface area contributed by atoms with Crippen molar-refractivity contribution in [3.8, 4) is 0 Å². The van der Waals surface area contributed by atoms with Gasteiger partial charge in [0, 0.05) is 0 Å². The van der Waals surface area contributed by atoms with Crippen LogP contribution >= 0.6 is 0 Å². The molecule has 1 fully saturated rings. The number of hydrogen-bond donors (Lipinski definition) is 1.